The predicted octanol–water partition coefficient (Wildman–Crippen LogP) is 2.54. The molecule has 2 amide bonds. The van der Waals surface area contributed by atoms with Crippen LogP contribution < -0.4 is 0 Å². The standard InChI is InChI=1S/C21H31NO6/c1-2-3-6-10-25-12-14-27-16-17-28-15-13-26-11-9-22-20(23)18-7-4-5-8-19(18)21(22)24/h4-5,7-8H,2-3,6,9-17H2,1H3. The van der Waals surface area contributed by atoms with Crippen molar-refractivity contribution < 1.29 is 28.5 Å². The number of rotatable bonds is 16. The fourth-order valence-corrected chi connectivity index (χ4v) is 2.81. The number of fused-ring (bicyclic) bond motifs is 1. The van der Waals surface area contributed by atoms with E-state index in [2.05, 4.69) is 6.92 Å². The number of hydrogen-bond acceptors (Lipinski definition) is 6. The number of carbonyl (C=O) groups is 2. The molecule has 0 atom stereocenters. The van der Waals surface area contributed by atoms with Crippen LogP contribution in [0.15, 0.2) is 24.3 Å². The second kappa shape index (κ2) is 13.4. The minimum absolute atomic E-state index is 0.244. The maximum absolute atomic E-state index is 12.2. The summed E-state index contributed by atoms with van der Waals surface area (Å²) in [6.45, 7) is 6.56. The fourth-order valence-electron chi connectivity index (χ4n) is 2.81. The lowest BCUT2D eigenvalue weighted by Crippen LogP contribution is -2.33. The van der Waals surface area contributed by atoms with Crippen LogP contribution in [0.5, 0.6) is 0 Å². The Hall–Kier alpha value is -1.80. The average Bonchev–Trinajstić information content (AvgIpc) is 2.96. The van der Waals surface area contributed by atoms with Gasteiger partial charge in [-0.1, -0.05) is 31.9 Å². The Kier molecular flexibility index (Phi) is 10.8. The molecule has 0 saturated carbocycles. The van der Waals surface area contributed by atoms with Crippen LogP contribution in [0.1, 0.15) is 46.9 Å². The van der Waals surface area contributed by atoms with E-state index in [1.165, 1.54) is 17.7 Å². The molecule has 0 aromatic heterocycles. The van der Waals surface area contributed by atoms with Gasteiger partial charge in [0.1, 0.15) is 0 Å². The third kappa shape index (κ3) is 7.31. The molecule has 7 heteroatoms. The van der Waals surface area contributed by atoms with Crippen LogP contribution in [0.25, 0.3) is 0 Å². The highest BCUT2D eigenvalue weighted by atomic mass is 16.6. The van der Waals surface area contributed by atoms with Gasteiger partial charge in [-0.3, -0.25) is 14.5 Å². The van der Waals surface area contributed by atoms with Crippen molar-refractivity contribution in [3.05, 3.63) is 35.4 Å². The predicted molar refractivity (Wildman–Crippen MR) is 105 cm³/mol. The van der Waals surface area contributed by atoms with Gasteiger partial charge in [-0.15, -0.1) is 0 Å². The number of imide groups is 1. The molecular formula is C21H31NO6. The largest absolute Gasteiger partial charge is 0.379 e. The third-order valence-electron chi connectivity index (χ3n) is 4.35. The van der Waals surface area contributed by atoms with Crippen LogP contribution in [-0.2, 0) is 18.9 Å². The number of amides is 2. The summed E-state index contributed by atoms with van der Waals surface area (Å²) in [4.78, 5) is 25.6. The van der Waals surface area contributed by atoms with Crippen molar-refractivity contribution in [2.75, 3.05) is 59.4 Å². The molecule has 1 aliphatic rings. The Bertz CT molecular complexity index is 571. The second-order valence-corrected chi connectivity index (χ2v) is 6.46. The van der Waals surface area contributed by atoms with Gasteiger partial charge in [0.25, 0.3) is 11.8 Å². The van der Waals surface area contributed by atoms with Gasteiger partial charge in [-0.05, 0) is 18.6 Å². The van der Waals surface area contributed by atoms with Crippen molar-refractivity contribution in [1.29, 1.82) is 0 Å². The van der Waals surface area contributed by atoms with Crippen molar-refractivity contribution in [2.24, 2.45) is 0 Å². The molecule has 0 spiro atoms. The second-order valence-electron chi connectivity index (χ2n) is 6.46. The van der Waals surface area contributed by atoms with Gasteiger partial charge in [0.15, 0.2) is 0 Å². The highest BCUT2D eigenvalue weighted by Crippen LogP contribution is 2.21. The lowest BCUT2D eigenvalue weighted by molar-refractivity contribution is -0.00351. The first kappa shape index (κ1) is 22.5. The first-order valence-electron chi connectivity index (χ1n) is 10.0. The van der Waals surface area contributed by atoms with Crippen LogP contribution in [0, 0.1) is 0 Å². The van der Waals surface area contributed by atoms with E-state index in [1.807, 2.05) is 0 Å². The summed E-state index contributed by atoms with van der Waals surface area (Å²) in [6, 6.07) is 6.85. The molecule has 0 saturated heterocycles. The molecule has 0 fully saturated rings. The Morgan fingerprint density at radius 1 is 0.679 bits per heavy atom. The molecule has 0 radical (unpaired) electrons. The molecule has 0 bridgehead atoms. The van der Waals surface area contributed by atoms with Gasteiger partial charge in [-0.25, -0.2) is 0 Å². The summed E-state index contributed by atoms with van der Waals surface area (Å²) < 4.78 is 21.7. The highest BCUT2D eigenvalue weighted by Gasteiger charge is 2.34. The monoisotopic (exact) mass is 393 g/mol. The lowest BCUT2D eigenvalue weighted by atomic mass is 10.1. The molecule has 1 aromatic carbocycles. The van der Waals surface area contributed by atoms with Crippen LogP contribution in [0.3, 0.4) is 0 Å². The normalized spacial score (nSPS) is 13.4. The molecule has 0 N–H and O–H groups in total. The maximum atomic E-state index is 12.2. The number of carbonyl (C=O) groups excluding carboxylic acids is 2. The van der Waals surface area contributed by atoms with E-state index in [-0.39, 0.29) is 18.4 Å². The molecular weight excluding hydrogens is 362 g/mol. The number of nitrogens with zero attached hydrogens (tertiary/aromatic N) is 1. The summed E-state index contributed by atoms with van der Waals surface area (Å²) in [7, 11) is 0. The highest BCUT2D eigenvalue weighted by molar-refractivity contribution is 6.21. The average molecular weight is 393 g/mol. The Labute approximate surface area is 166 Å². The smallest absolute Gasteiger partial charge is 0.261 e. The molecule has 0 unspecified atom stereocenters. The Morgan fingerprint density at radius 3 is 1.64 bits per heavy atom. The summed E-state index contributed by atoms with van der Waals surface area (Å²) in [6.07, 6.45) is 3.51. The first-order chi connectivity index (χ1) is 13.8. The SMILES string of the molecule is CCCCCOCCOCCOCCOCCN1C(=O)c2ccccc2C1=O. The van der Waals surface area contributed by atoms with Crippen molar-refractivity contribution in [3.63, 3.8) is 0 Å². The summed E-state index contributed by atoms with van der Waals surface area (Å²) >= 11 is 0. The van der Waals surface area contributed by atoms with Crippen molar-refractivity contribution in [3.8, 4) is 0 Å². The molecule has 28 heavy (non-hydrogen) atoms. The van der Waals surface area contributed by atoms with E-state index in [0.29, 0.717) is 57.4 Å². The minimum Gasteiger partial charge on any atom is -0.379 e. The number of unbranched alkanes of at least 4 members (excludes halogenated alkanes) is 2. The first-order valence-corrected chi connectivity index (χ1v) is 10.0. The van der Waals surface area contributed by atoms with Crippen LogP contribution >= 0.6 is 0 Å². The quantitative estimate of drug-likeness (QED) is 0.317. The molecule has 2 rings (SSSR count). The Morgan fingerprint density at radius 2 is 1.14 bits per heavy atom. The Balaban J connectivity index is 1.40. The van der Waals surface area contributed by atoms with Crippen LogP contribution in [0.2, 0.25) is 0 Å². The van der Waals surface area contributed by atoms with Crippen molar-refractivity contribution in [2.45, 2.75) is 26.2 Å². The van der Waals surface area contributed by atoms with E-state index >= 15 is 0 Å². The summed E-state index contributed by atoms with van der Waals surface area (Å²) in [5.74, 6) is -0.515. The molecule has 1 heterocycles. The van der Waals surface area contributed by atoms with Crippen LogP contribution in [-0.4, -0.2) is 76.1 Å². The van der Waals surface area contributed by atoms with Gasteiger partial charge in [-0.2, -0.15) is 0 Å². The zero-order chi connectivity index (χ0) is 20.0. The molecule has 156 valence electrons. The van der Waals surface area contributed by atoms with Crippen molar-refractivity contribution >= 4 is 11.8 Å². The van der Waals surface area contributed by atoms with E-state index in [9.17, 15) is 9.59 Å². The zero-order valence-corrected chi connectivity index (χ0v) is 16.7. The topological polar surface area (TPSA) is 74.3 Å². The van der Waals surface area contributed by atoms with Gasteiger partial charge < -0.3 is 18.9 Å². The number of hydrogen-bond donors (Lipinski definition) is 0. The summed E-state index contributed by atoms with van der Waals surface area (Å²) in [5.41, 5.74) is 0.921. The molecule has 1 aromatic rings. The lowest BCUT2D eigenvalue weighted by Gasteiger charge is -2.13. The van der Waals surface area contributed by atoms with E-state index in [4.69, 9.17) is 18.9 Å². The molecule has 0 aliphatic carbocycles. The number of ether oxygens (including phenoxy) is 4. The summed E-state index contributed by atoms with van der Waals surface area (Å²) in [5, 5.41) is 0. The maximum Gasteiger partial charge on any atom is 0.261 e. The van der Waals surface area contributed by atoms with Crippen molar-refractivity contribution in [1.82, 2.24) is 4.90 Å². The zero-order valence-electron chi connectivity index (χ0n) is 16.7. The van der Waals surface area contributed by atoms with E-state index in [0.717, 1.165) is 13.0 Å². The fraction of sp³-hybridized carbons (Fsp3) is 0.619. The van der Waals surface area contributed by atoms with Gasteiger partial charge >= 0.3 is 0 Å². The van der Waals surface area contributed by atoms with Gasteiger partial charge in [0, 0.05) is 6.61 Å². The van der Waals surface area contributed by atoms with Crippen LogP contribution in [0.4, 0.5) is 0 Å². The van der Waals surface area contributed by atoms with Gasteiger partial charge in [0.05, 0.1) is 63.9 Å². The van der Waals surface area contributed by atoms with Gasteiger partial charge in [0.2, 0.25) is 0 Å². The van der Waals surface area contributed by atoms with E-state index < -0.39 is 0 Å². The minimum atomic E-state index is -0.257. The third-order valence-corrected chi connectivity index (χ3v) is 4.35. The van der Waals surface area contributed by atoms with E-state index in [1.54, 1.807) is 24.3 Å². The molecule has 7 nitrogen and oxygen atoms in total. The number of benzene rings is 1. The molecule has 1 aliphatic heterocycles.